The number of amides is 1. The number of nitriles is 1. The van der Waals surface area contributed by atoms with Crippen molar-refractivity contribution in [2.45, 2.75) is 32.4 Å². The van der Waals surface area contributed by atoms with Crippen LogP contribution in [0.25, 0.3) is 0 Å². The van der Waals surface area contributed by atoms with Crippen LogP contribution in [0.15, 0.2) is 11.4 Å². The molecule has 0 bridgehead atoms. The van der Waals surface area contributed by atoms with E-state index in [4.69, 9.17) is 10.00 Å². The van der Waals surface area contributed by atoms with Gasteiger partial charge in [0.25, 0.3) is 0 Å². The Morgan fingerprint density at radius 1 is 1.67 bits per heavy atom. The average Bonchev–Trinajstić information content (AvgIpc) is 2.71. The van der Waals surface area contributed by atoms with E-state index in [-0.39, 0.29) is 6.61 Å². The predicted octanol–water partition coefficient (Wildman–Crippen LogP) is 2.18. The van der Waals surface area contributed by atoms with Crippen molar-refractivity contribution in [1.82, 2.24) is 5.32 Å². The number of hydrogen-bond acceptors (Lipinski definition) is 5. The van der Waals surface area contributed by atoms with Crippen molar-refractivity contribution in [1.29, 1.82) is 5.26 Å². The number of alkyl carbamates (subject to hydrolysis) is 1. The number of carbonyl (C=O) groups is 1. The molecule has 1 rings (SSSR count). The minimum atomic E-state index is -0.589. The molecular weight excluding hydrogens is 252 g/mol. The lowest BCUT2D eigenvalue weighted by atomic mass is 10.2. The highest BCUT2D eigenvalue weighted by Gasteiger charge is 2.21. The Labute approximate surface area is 110 Å². The van der Waals surface area contributed by atoms with Gasteiger partial charge >= 0.3 is 6.09 Å². The SMILES string of the molecule is CC(C)(C)OC(=O)N[C@@H](CO)c1cc(C#N)cs1. The minimum Gasteiger partial charge on any atom is -0.444 e. The molecule has 0 aliphatic carbocycles. The van der Waals surface area contributed by atoms with Gasteiger partial charge in [-0.15, -0.1) is 11.3 Å². The third-order valence-electron chi connectivity index (χ3n) is 1.97. The summed E-state index contributed by atoms with van der Waals surface area (Å²) in [6.07, 6.45) is -0.589. The highest BCUT2D eigenvalue weighted by molar-refractivity contribution is 7.10. The van der Waals surface area contributed by atoms with Gasteiger partial charge in [-0.3, -0.25) is 0 Å². The lowest BCUT2D eigenvalue weighted by Gasteiger charge is -2.22. The number of hydrogen-bond donors (Lipinski definition) is 2. The van der Waals surface area contributed by atoms with Crippen molar-refractivity contribution in [3.63, 3.8) is 0 Å². The summed E-state index contributed by atoms with van der Waals surface area (Å²) in [5.41, 5.74) is -0.0726. The molecule has 1 aromatic rings. The normalized spacial score (nSPS) is 12.6. The van der Waals surface area contributed by atoms with E-state index in [1.807, 2.05) is 6.07 Å². The second-order valence-electron chi connectivity index (χ2n) is 4.73. The van der Waals surface area contributed by atoms with Gasteiger partial charge in [0.1, 0.15) is 11.7 Å². The molecule has 6 heteroatoms. The van der Waals surface area contributed by atoms with Gasteiger partial charge in [0, 0.05) is 10.3 Å². The number of thiophene rings is 1. The van der Waals surface area contributed by atoms with Crippen molar-refractivity contribution >= 4 is 17.4 Å². The summed E-state index contributed by atoms with van der Waals surface area (Å²) in [6.45, 7) is 5.04. The van der Waals surface area contributed by atoms with Crippen LogP contribution in [0.1, 0.15) is 37.3 Å². The molecule has 0 aliphatic heterocycles. The fourth-order valence-corrected chi connectivity index (χ4v) is 2.13. The summed E-state index contributed by atoms with van der Waals surface area (Å²) in [5.74, 6) is 0. The van der Waals surface area contributed by atoms with Crippen LogP contribution in [-0.2, 0) is 4.74 Å². The maximum absolute atomic E-state index is 11.6. The topological polar surface area (TPSA) is 82.3 Å². The standard InChI is InChI=1S/C12H16N2O3S/c1-12(2,3)17-11(16)14-9(6-15)10-4-8(5-13)7-18-10/h4,7,9,15H,6H2,1-3H3,(H,14,16)/t9-/m0/s1. The van der Waals surface area contributed by atoms with Gasteiger partial charge in [0.15, 0.2) is 0 Å². The summed E-state index contributed by atoms with van der Waals surface area (Å²) in [6, 6.07) is 3.10. The maximum atomic E-state index is 11.6. The molecule has 1 amide bonds. The first-order valence-electron chi connectivity index (χ1n) is 5.44. The zero-order valence-corrected chi connectivity index (χ0v) is 11.4. The Morgan fingerprint density at radius 3 is 2.78 bits per heavy atom. The number of ether oxygens (including phenoxy) is 1. The zero-order chi connectivity index (χ0) is 13.8. The van der Waals surface area contributed by atoms with Crippen molar-refractivity contribution in [3.05, 3.63) is 21.9 Å². The smallest absolute Gasteiger partial charge is 0.408 e. The summed E-state index contributed by atoms with van der Waals surface area (Å²) >= 11 is 1.31. The van der Waals surface area contributed by atoms with Crippen molar-refractivity contribution in [3.8, 4) is 6.07 Å². The summed E-state index contributed by atoms with van der Waals surface area (Å²) in [4.78, 5) is 12.3. The second kappa shape index (κ2) is 5.85. The van der Waals surface area contributed by atoms with Gasteiger partial charge < -0.3 is 15.2 Å². The molecule has 0 saturated carbocycles. The van der Waals surface area contributed by atoms with Crippen LogP contribution in [0.4, 0.5) is 4.79 Å². The van der Waals surface area contributed by atoms with E-state index < -0.39 is 17.7 Å². The van der Waals surface area contributed by atoms with Crippen LogP contribution >= 0.6 is 11.3 Å². The molecule has 18 heavy (non-hydrogen) atoms. The van der Waals surface area contributed by atoms with Gasteiger partial charge in [0.05, 0.1) is 18.2 Å². The van der Waals surface area contributed by atoms with Crippen LogP contribution in [0.5, 0.6) is 0 Å². The number of aliphatic hydroxyl groups excluding tert-OH is 1. The molecule has 1 heterocycles. The molecule has 98 valence electrons. The predicted molar refractivity (Wildman–Crippen MR) is 68.2 cm³/mol. The lowest BCUT2D eigenvalue weighted by Crippen LogP contribution is -2.35. The third kappa shape index (κ3) is 4.35. The van der Waals surface area contributed by atoms with E-state index in [9.17, 15) is 9.90 Å². The Balaban J connectivity index is 2.68. The quantitative estimate of drug-likeness (QED) is 0.880. The van der Waals surface area contributed by atoms with Gasteiger partial charge in [0.2, 0.25) is 0 Å². The Bertz CT molecular complexity index is 457. The number of rotatable bonds is 3. The molecule has 1 aromatic heterocycles. The molecule has 0 unspecified atom stereocenters. The van der Waals surface area contributed by atoms with Gasteiger partial charge in [-0.1, -0.05) is 0 Å². The largest absolute Gasteiger partial charge is 0.444 e. The molecule has 0 radical (unpaired) electrons. The first-order chi connectivity index (χ1) is 8.35. The maximum Gasteiger partial charge on any atom is 0.408 e. The van der Waals surface area contributed by atoms with Crippen molar-refractivity contribution in [2.24, 2.45) is 0 Å². The Morgan fingerprint density at radius 2 is 2.33 bits per heavy atom. The average molecular weight is 268 g/mol. The molecule has 0 spiro atoms. The molecule has 0 fully saturated rings. The minimum absolute atomic E-state index is 0.245. The van der Waals surface area contributed by atoms with E-state index >= 15 is 0 Å². The zero-order valence-electron chi connectivity index (χ0n) is 10.6. The highest BCUT2D eigenvalue weighted by Crippen LogP contribution is 2.22. The second-order valence-corrected chi connectivity index (χ2v) is 5.67. The van der Waals surface area contributed by atoms with E-state index in [1.165, 1.54) is 11.3 Å². The van der Waals surface area contributed by atoms with Gasteiger partial charge in [-0.2, -0.15) is 5.26 Å². The third-order valence-corrected chi connectivity index (χ3v) is 3.01. The Kier molecular flexibility index (Phi) is 4.70. The first-order valence-corrected chi connectivity index (χ1v) is 6.32. The molecule has 0 aromatic carbocycles. The number of nitrogens with zero attached hydrogens (tertiary/aromatic N) is 1. The summed E-state index contributed by atoms with van der Waals surface area (Å²) in [7, 11) is 0. The van der Waals surface area contributed by atoms with Gasteiger partial charge in [-0.05, 0) is 26.8 Å². The monoisotopic (exact) mass is 268 g/mol. The van der Waals surface area contributed by atoms with Crippen molar-refractivity contribution < 1.29 is 14.6 Å². The van der Waals surface area contributed by atoms with E-state index in [1.54, 1.807) is 32.2 Å². The molecular formula is C12H16N2O3S. The Hall–Kier alpha value is -1.58. The van der Waals surface area contributed by atoms with Crippen LogP contribution in [0, 0.1) is 11.3 Å². The van der Waals surface area contributed by atoms with Crippen LogP contribution in [-0.4, -0.2) is 23.4 Å². The lowest BCUT2D eigenvalue weighted by molar-refractivity contribution is 0.0483. The number of aliphatic hydroxyl groups is 1. The summed E-state index contributed by atoms with van der Waals surface area (Å²) in [5, 5.41) is 22.2. The van der Waals surface area contributed by atoms with E-state index in [2.05, 4.69) is 5.32 Å². The van der Waals surface area contributed by atoms with Crippen LogP contribution in [0.3, 0.4) is 0 Å². The number of nitrogens with one attached hydrogen (secondary N) is 1. The first kappa shape index (κ1) is 14.5. The molecule has 0 saturated heterocycles. The van der Waals surface area contributed by atoms with Crippen LogP contribution in [0.2, 0.25) is 0 Å². The fraction of sp³-hybridized carbons (Fsp3) is 0.500. The number of carbonyl (C=O) groups excluding carboxylic acids is 1. The van der Waals surface area contributed by atoms with Gasteiger partial charge in [-0.25, -0.2) is 4.79 Å². The van der Waals surface area contributed by atoms with E-state index in [0.29, 0.717) is 5.56 Å². The van der Waals surface area contributed by atoms with E-state index in [0.717, 1.165) is 4.88 Å². The van der Waals surface area contributed by atoms with Crippen molar-refractivity contribution in [2.75, 3.05) is 6.61 Å². The summed E-state index contributed by atoms with van der Waals surface area (Å²) < 4.78 is 5.10. The van der Waals surface area contributed by atoms with Crippen LogP contribution < -0.4 is 5.32 Å². The molecule has 1 atom stereocenters. The molecule has 0 aliphatic rings. The highest BCUT2D eigenvalue weighted by atomic mass is 32.1. The fourth-order valence-electron chi connectivity index (χ4n) is 1.25. The molecule has 5 nitrogen and oxygen atoms in total. The molecule has 2 N–H and O–H groups in total.